The molecule has 1 rings (SSSR count). The van der Waals surface area contributed by atoms with E-state index in [1.54, 1.807) is 12.0 Å². The van der Waals surface area contributed by atoms with Gasteiger partial charge < -0.3 is 4.18 Å². The fourth-order valence-electron chi connectivity index (χ4n) is 0.525. The predicted molar refractivity (Wildman–Crippen MR) is 31.9 cm³/mol. The van der Waals surface area contributed by atoms with Crippen LogP contribution >= 0.6 is 12.0 Å². The molecule has 1 nitrogen and oxygen atoms in total. The minimum Gasteiger partial charge on any atom is -0.315 e. The van der Waals surface area contributed by atoms with E-state index in [1.807, 2.05) is 0 Å². The molecule has 0 unspecified atom stereocenters. The first-order valence-electron chi connectivity index (χ1n) is 2.56. The molecule has 2 heteroatoms. The van der Waals surface area contributed by atoms with E-state index in [9.17, 15) is 0 Å². The van der Waals surface area contributed by atoms with Crippen LogP contribution in [0.15, 0.2) is 0 Å². The van der Waals surface area contributed by atoms with Gasteiger partial charge in [0.25, 0.3) is 0 Å². The first kappa shape index (κ1) is 5.45. The molecule has 0 aromatic carbocycles. The van der Waals surface area contributed by atoms with Gasteiger partial charge in [-0.25, -0.2) is 0 Å². The maximum absolute atomic E-state index is 5.08. The minimum atomic E-state index is 0.907. The van der Waals surface area contributed by atoms with E-state index in [0.29, 0.717) is 0 Å². The van der Waals surface area contributed by atoms with Crippen LogP contribution in [0.3, 0.4) is 0 Å². The smallest absolute Gasteiger partial charge is 0.0616 e. The second-order valence-corrected chi connectivity index (χ2v) is 2.39. The second-order valence-electron chi connectivity index (χ2n) is 1.51. The molecule has 0 bridgehead atoms. The molecule has 1 radical (unpaired) electrons. The van der Waals surface area contributed by atoms with Crippen molar-refractivity contribution in [2.45, 2.75) is 12.8 Å². The van der Waals surface area contributed by atoms with Crippen LogP contribution in [0.4, 0.5) is 0 Å². The molecule has 0 N–H and O–H groups in total. The van der Waals surface area contributed by atoms with Crippen molar-refractivity contribution in [3.05, 3.63) is 6.42 Å². The van der Waals surface area contributed by atoms with Gasteiger partial charge in [0.2, 0.25) is 0 Å². The molecule has 1 aliphatic heterocycles. The summed E-state index contributed by atoms with van der Waals surface area (Å²) in [5.41, 5.74) is 0. The Morgan fingerprint density at radius 2 is 2.43 bits per heavy atom. The van der Waals surface area contributed by atoms with E-state index in [1.165, 1.54) is 6.42 Å². The van der Waals surface area contributed by atoms with Gasteiger partial charge in [-0.3, -0.25) is 0 Å². The van der Waals surface area contributed by atoms with Crippen LogP contribution in [-0.4, -0.2) is 12.4 Å². The van der Waals surface area contributed by atoms with Crippen LogP contribution in [0.2, 0.25) is 0 Å². The van der Waals surface area contributed by atoms with Crippen molar-refractivity contribution in [1.29, 1.82) is 0 Å². The molecule has 0 aromatic rings. The summed E-state index contributed by atoms with van der Waals surface area (Å²) < 4.78 is 5.08. The summed E-state index contributed by atoms with van der Waals surface area (Å²) in [7, 11) is 0. The van der Waals surface area contributed by atoms with Crippen LogP contribution in [0.5, 0.6) is 0 Å². The normalized spacial score (nSPS) is 24.0. The zero-order chi connectivity index (χ0) is 4.95. The molecule has 0 spiro atoms. The lowest BCUT2D eigenvalue weighted by atomic mass is 10.3. The summed E-state index contributed by atoms with van der Waals surface area (Å²) in [6.07, 6.45) is 4.62. The minimum absolute atomic E-state index is 0.907. The molecule has 7 heavy (non-hydrogen) atoms. The second kappa shape index (κ2) is 3.33. The Morgan fingerprint density at radius 1 is 1.43 bits per heavy atom. The summed E-state index contributed by atoms with van der Waals surface area (Å²) in [5.74, 6) is 1.14. The average molecular weight is 117 g/mol. The quantitative estimate of drug-likeness (QED) is 0.446. The first-order chi connectivity index (χ1) is 3.50. The van der Waals surface area contributed by atoms with E-state index in [-0.39, 0.29) is 0 Å². The van der Waals surface area contributed by atoms with E-state index in [4.69, 9.17) is 4.18 Å². The standard InChI is InChI=1S/C5H9OS/c1-2-4-6-7-5-3-1/h1H,2-5H2. The highest BCUT2D eigenvalue weighted by Crippen LogP contribution is 2.12. The maximum Gasteiger partial charge on any atom is 0.0616 e. The fourth-order valence-corrected chi connectivity index (χ4v) is 1.12. The lowest BCUT2D eigenvalue weighted by molar-refractivity contribution is 0.383. The molecule has 1 fully saturated rings. The van der Waals surface area contributed by atoms with Gasteiger partial charge in [-0.2, -0.15) is 0 Å². The van der Waals surface area contributed by atoms with Crippen LogP contribution in [0, 0.1) is 6.42 Å². The van der Waals surface area contributed by atoms with Gasteiger partial charge in [0, 0.05) is 5.75 Å². The van der Waals surface area contributed by atoms with Gasteiger partial charge in [0.15, 0.2) is 0 Å². The Balaban J connectivity index is 2.04. The van der Waals surface area contributed by atoms with E-state index >= 15 is 0 Å². The topological polar surface area (TPSA) is 9.23 Å². The fraction of sp³-hybridized carbons (Fsp3) is 0.800. The van der Waals surface area contributed by atoms with Crippen molar-refractivity contribution < 1.29 is 4.18 Å². The van der Waals surface area contributed by atoms with Crippen LogP contribution in [0.25, 0.3) is 0 Å². The third kappa shape index (κ3) is 2.19. The van der Waals surface area contributed by atoms with Crippen molar-refractivity contribution in [2.24, 2.45) is 0 Å². The lowest BCUT2D eigenvalue weighted by Gasteiger charge is -1.89. The van der Waals surface area contributed by atoms with Gasteiger partial charge in [-0.15, -0.1) is 0 Å². The molecule has 1 aliphatic rings. The maximum atomic E-state index is 5.08. The van der Waals surface area contributed by atoms with E-state index in [0.717, 1.165) is 18.8 Å². The van der Waals surface area contributed by atoms with E-state index in [2.05, 4.69) is 6.42 Å². The van der Waals surface area contributed by atoms with E-state index < -0.39 is 0 Å². The third-order valence-corrected chi connectivity index (χ3v) is 1.63. The summed E-state index contributed by atoms with van der Waals surface area (Å²) in [6.45, 7) is 0.907. The number of hydrogen-bond donors (Lipinski definition) is 0. The predicted octanol–water partition coefficient (Wildman–Crippen LogP) is 1.65. The summed E-state index contributed by atoms with van der Waals surface area (Å²) in [6, 6.07) is 0. The van der Waals surface area contributed by atoms with Gasteiger partial charge in [0.05, 0.1) is 6.61 Å². The Morgan fingerprint density at radius 3 is 3.43 bits per heavy atom. The van der Waals surface area contributed by atoms with Crippen molar-refractivity contribution in [2.75, 3.05) is 12.4 Å². The van der Waals surface area contributed by atoms with Crippen LogP contribution < -0.4 is 0 Å². The van der Waals surface area contributed by atoms with Crippen molar-refractivity contribution in [3.8, 4) is 0 Å². The monoisotopic (exact) mass is 117 g/mol. The Hall–Kier alpha value is 0.310. The molecule has 0 amide bonds. The summed E-state index contributed by atoms with van der Waals surface area (Å²) in [5, 5.41) is 0. The number of rotatable bonds is 0. The van der Waals surface area contributed by atoms with Crippen molar-refractivity contribution in [3.63, 3.8) is 0 Å². The number of hydrogen-bond acceptors (Lipinski definition) is 2. The summed E-state index contributed by atoms with van der Waals surface area (Å²) in [4.78, 5) is 0. The third-order valence-electron chi connectivity index (χ3n) is 0.894. The van der Waals surface area contributed by atoms with Crippen LogP contribution in [0.1, 0.15) is 12.8 Å². The largest absolute Gasteiger partial charge is 0.315 e. The van der Waals surface area contributed by atoms with Gasteiger partial charge in [-0.05, 0) is 31.3 Å². The zero-order valence-electron chi connectivity index (χ0n) is 4.22. The van der Waals surface area contributed by atoms with Gasteiger partial charge in [0.1, 0.15) is 0 Å². The zero-order valence-corrected chi connectivity index (χ0v) is 5.04. The molecule has 1 heterocycles. The average Bonchev–Trinajstić information content (AvgIpc) is 1.90. The van der Waals surface area contributed by atoms with Crippen molar-refractivity contribution in [1.82, 2.24) is 0 Å². The molecular weight excluding hydrogens is 108 g/mol. The first-order valence-corrected chi connectivity index (χ1v) is 3.47. The van der Waals surface area contributed by atoms with Gasteiger partial charge in [-0.1, -0.05) is 0 Å². The Bertz CT molecular complexity index is 27.7. The van der Waals surface area contributed by atoms with Crippen molar-refractivity contribution >= 4 is 12.0 Å². The Labute approximate surface area is 48.6 Å². The molecule has 0 atom stereocenters. The molecule has 41 valence electrons. The van der Waals surface area contributed by atoms with Crippen LogP contribution in [-0.2, 0) is 4.18 Å². The molecular formula is C5H9OS. The van der Waals surface area contributed by atoms with Gasteiger partial charge >= 0.3 is 0 Å². The highest BCUT2D eigenvalue weighted by molar-refractivity contribution is 7.94. The summed E-state index contributed by atoms with van der Waals surface area (Å²) >= 11 is 1.58. The Kier molecular flexibility index (Phi) is 2.59. The molecule has 1 saturated heterocycles. The molecule has 0 aliphatic carbocycles. The highest BCUT2D eigenvalue weighted by atomic mass is 32.2. The SMILES string of the molecule is [CH]1CCOSCC1. The highest BCUT2D eigenvalue weighted by Gasteiger charge is 1.96. The molecule has 0 aromatic heterocycles. The lowest BCUT2D eigenvalue weighted by Crippen LogP contribution is -1.79. The molecule has 0 saturated carbocycles.